The zero-order chi connectivity index (χ0) is 18.5. The van der Waals surface area contributed by atoms with Crippen LogP contribution in [-0.4, -0.2) is 38.1 Å². The highest BCUT2D eigenvalue weighted by molar-refractivity contribution is 5.53. The number of likely N-dealkylation sites (tertiary alicyclic amines) is 1. The van der Waals surface area contributed by atoms with Crippen molar-refractivity contribution in [2.75, 3.05) is 18.4 Å². The fourth-order valence-corrected chi connectivity index (χ4v) is 3.37. The minimum atomic E-state index is 0.146. The van der Waals surface area contributed by atoms with Crippen molar-refractivity contribution in [1.29, 1.82) is 0 Å². The van der Waals surface area contributed by atoms with Crippen LogP contribution in [0.1, 0.15) is 43.7 Å². The van der Waals surface area contributed by atoms with Crippen molar-refractivity contribution in [3.05, 3.63) is 54.2 Å². The van der Waals surface area contributed by atoms with Gasteiger partial charge >= 0.3 is 0 Å². The van der Waals surface area contributed by atoms with E-state index in [2.05, 4.69) is 37.2 Å². The van der Waals surface area contributed by atoms with Gasteiger partial charge in [0.15, 0.2) is 0 Å². The molecule has 0 spiro atoms. The van der Waals surface area contributed by atoms with Crippen LogP contribution in [0.4, 0.5) is 5.95 Å². The Morgan fingerprint density at radius 1 is 1.19 bits per heavy atom. The third-order valence-electron chi connectivity index (χ3n) is 4.75. The molecule has 2 aromatic heterocycles. The summed E-state index contributed by atoms with van der Waals surface area (Å²) in [6, 6.07) is 10.1. The first-order chi connectivity index (χ1) is 13.3. The summed E-state index contributed by atoms with van der Waals surface area (Å²) in [7, 11) is 0. The first-order valence-corrected chi connectivity index (χ1v) is 9.51. The Balaban J connectivity index is 1.44. The molecule has 1 N–H and O–H groups in total. The van der Waals surface area contributed by atoms with E-state index in [1.807, 2.05) is 42.7 Å². The standard InChI is InChI=1S/C20H24N6O/c1-2-10-21-20-22-12-15(13-23-20)14-26-11-6-9-17(26)19-24-18(25-27-19)16-7-4-3-5-8-16/h3-5,7-8,12-13,17H,2,6,9-11,14H2,1H3,(H,21,22,23)/t17-/m0/s1. The summed E-state index contributed by atoms with van der Waals surface area (Å²) >= 11 is 0. The fourth-order valence-electron chi connectivity index (χ4n) is 3.37. The van der Waals surface area contributed by atoms with E-state index in [9.17, 15) is 0 Å². The largest absolute Gasteiger partial charge is 0.354 e. The fraction of sp³-hybridized carbons (Fsp3) is 0.400. The molecule has 0 bridgehead atoms. The molecule has 0 radical (unpaired) electrons. The molecule has 1 aliphatic rings. The monoisotopic (exact) mass is 364 g/mol. The molecule has 1 aliphatic heterocycles. The zero-order valence-corrected chi connectivity index (χ0v) is 15.5. The number of rotatable bonds is 7. The van der Waals surface area contributed by atoms with Crippen molar-refractivity contribution in [2.45, 2.75) is 38.8 Å². The van der Waals surface area contributed by atoms with Crippen LogP contribution in [0.25, 0.3) is 11.4 Å². The minimum absolute atomic E-state index is 0.146. The quantitative estimate of drug-likeness (QED) is 0.685. The second-order valence-corrected chi connectivity index (χ2v) is 6.79. The van der Waals surface area contributed by atoms with Gasteiger partial charge in [-0.15, -0.1) is 0 Å². The highest BCUT2D eigenvalue weighted by atomic mass is 16.5. The normalized spacial score (nSPS) is 17.3. The van der Waals surface area contributed by atoms with E-state index >= 15 is 0 Å². The Morgan fingerprint density at radius 3 is 2.78 bits per heavy atom. The third-order valence-corrected chi connectivity index (χ3v) is 4.75. The van der Waals surface area contributed by atoms with Crippen molar-refractivity contribution in [3.63, 3.8) is 0 Å². The molecular weight excluding hydrogens is 340 g/mol. The third kappa shape index (κ3) is 4.14. The number of benzene rings is 1. The second kappa shape index (κ2) is 8.26. The van der Waals surface area contributed by atoms with E-state index in [-0.39, 0.29) is 6.04 Å². The number of nitrogens with zero attached hydrogens (tertiary/aromatic N) is 5. The molecule has 1 saturated heterocycles. The molecule has 0 amide bonds. The van der Waals surface area contributed by atoms with E-state index in [4.69, 9.17) is 4.52 Å². The van der Waals surface area contributed by atoms with Crippen LogP contribution in [0.3, 0.4) is 0 Å². The van der Waals surface area contributed by atoms with Gasteiger partial charge in [-0.1, -0.05) is 42.4 Å². The van der Waals surface area contributed by atoms with E-state index in [1.54, 1.807) is 0 Å². The SMILES string of the molecule is CCCNc1ncc(CN2CCC[C@H]2c2nc(-c3ccccc3)no2)cn1. The molecule has 1 aromatic carbocycles. The van der Waals surface area contributed by atoms with Crippen molar-refractivity contribution < 1.29 is 4.52 Å². The van der Waals surface area contributed by atoms with Crippen LogP contribution in [0.2, 0.25) is 0 Å². The number of anilines is 1. The molecule has 1 fully saturated rings. The van der Waals surface area contributed by atoms with E-state index in [0.717, 1.165) is 50.0 Å². The summed E-state index contributed by atoms with van der Waals surface area (Å²) in [4.78, 5) is 15.8. The molecule has 140 valence electrons. The average molecular weight is 364 g/mol. The molecule has 27 heavy (non-hydrogen) atoms. The summed E-state index contributed by atoms with van der Waals surface area (Å²) in [6.07, 6.45) is 6.97. The maximum atomic E-state index is 5.59. The lowest BCUT2D eigenvalue weighted by Crippen LogP contribution is -2.23. The van der Waals surface area contributed by atoms with Crippen LogP contribution in [0.5, 0.6) is 0 Å². The molecule has 0 aliphatic carbocycles. The predicted octanol–water partition coefficient (Wildman–Crippen LogP) is 3.69. The van der Waals surface area contributed by atoms with Gasteiger partial charge in [0, 0.05) is 36.6 Å². The first kappa shape index (κ1) is 17.6. The predicted molar refractivity (Wildman–Crippen MR) is 103 cm³/mol. The van der Waals surface area contributed by atoms with Gasteiger partial charge in [-0.05, 0) is 25.8 Å². The Kier molecular flexibility index (Phi) is 5.39. The molecule has 3 heterocycles. The van der Waals surface area contributed by atoms with Crippen molar-refractivity contribution in [1.82, 2.24) is 25.0 Å². The van der Waals surface area contributed by atoms with E-state index in [1.165, 1.54) is 0 Å². The Morgan fingerprint density at radius 2 is 2.00 bits per heavy atom. The van der Waals surface area contributed by atoms with Crippen LogP contribution < -0.4 is 5.32 Å². The van der Waals surface area contributed by atoms with Crippen molar-refractivity contribution >= 4 is 5.95 Å². The van der Waals surface area contributed by atoms with Crippen molar-refractivity contribution in [2.24, 2.45) is 0 Å². The molecule has 4 rings (SSSR count). The topological polar surface area (TPSA) is 80.0 Å². The Bertz CT molecular complexity index is 848. The van der Waals surface area contributed by atoms with Gasteiger partial charge in [-0.2, -0.15) is 4.98 Å². The smallest absolute Gasteiger partial charge is 0.244 e. The Hall–Kier alpha value is -2.80. The van der Waals surface area contributed by atoms with E-state index < -0.39 is 0 Å². The lowest BCUT2D eigenvalue weighted by Gasteiger charge is -2.21. The summed E-state index contributed by atoms with van der Waals surface area (Å²) in [5.41, 5.74) is 2.06. The minimum Gasteiger partial charge on any atom is -0.354 e. The van der Waals surface area contributed by atoms with Gasteiger partial charge in [0.25, 0.3) is 0 Å². The number of hydrogen-bond donors (Lipinski definition) is 1. The molecular formula is C20H24N6O. The molecule has 1 atom stereocenters. The molecule has 7 heteroatoms. The lowest BCUT2D eigenvalue weighted by atomic mass is 10.2. The molecule has 0 unspecified atom stereocenters. The summed E-state index contributed by atoms with van der Waals surface area (Å²) < 4.78 is 5.59. The number of hydrogen-bond acceptors (Lipinski definition) is 7. The zero-order valence-electron chi connectivity index (χ0n) is 15.5. The van der Waals surface area contributed by atoms with Gasteiger partial charge < -0.3 is 9.84 Å². The summed E-state index contributed by atoms with van der Waals surface area (Å²) in [5.74, 6) is 2.02. The second-order valence-electron chi connectivity index (χ2n) is 6.79. The van der Waals surface area contributed by atoms with Gasteiger partial charge in [-0.3, -0.25) is 4.90 Å². The maximum absolute atomic E-state index is 5.59. The maximum Gasteiger partial charge on any atom is 0.244 e. The molecule has 0 saturated carbocycles. The summed E-state index contributed by atoms with van der Waals surface area (Å²) in [5, 5.41) is 7.37. The first-order valence-electron chi connectivity index (χ1n) is 9.51. The highest BCUT2D eigenvalue weighted by Gasteiger charge is 2.31. The van der Waals surface area contributed by atoms with Gasteiger partial charge in [0.05, 0.1) is 6.04 Å². The van der Waals surface area contributed by atoms with Gasteiger partial charge in [-0.25, -0.2) is 9.97 Å². The van der Waals surface area contributed by atoms with Crippen molar-refractivity contribution in [3.8, 4) is 11.4 Å². The number of nitrogens with one attached hydrogen (secondary N) is 1. The van der Waals surface area contributed by atoms with Crippen LogP contribution >= 0.6 is 0 Å². The van der Waals surface area contributed by atoms with Crippen LogP contribution in [-0.2, 0) is 6.54 Å². The highest BCUT2D eigenvalue weighted by Crippen LogP contribution is 2.33. The Labute approximate surface area is 158 Å². The van der Waals surface area contributed by atoms with Crippen LogP contribution in [0.15, 0.2) is 47.2 Å². The average Bonchev–Trinajstić information content (AvgIpc) is 3.37. The van der Waals surface area contributed by atoms with Gasteiger partial charge in [0.1, 0.15) is 0 Å². The molecule has 7 nitrogen and oxygen atoms in total. The van der Waals surface area contributed by atoms with Crippen LogP contribution in [0, 0.1) is 0 Å². The lowest BCUT2D eigenvalue weighted by molar-refractivity contribution is 0.201. The van der Waals surface area contributed by atoms with E-state index in [0.29, 0.717) is 17.7 Å². The molecule has 3 aromatic rings. The number of aromatic nitrogens is 4. The summed E-state index contributed by atoms with van der Waals surface area (Å²) in [6.45, 7) is 4.79. The van der Waals surface area contributed by atoms with Gasteiger partial charge in [0.2, 0.25) is 17.7 Å².